The number of fused-ring (bicyclic) bond motifs is 1. The van der Waals surface area contributed by atoms with Crippen LogP contribution in [0.3, 0.4) is 0 Å². The number of aromatic nitrogens is 2. The molecule has 1 N–H and O–H groups in total. The molecule has 1 aliphatic rings. The normalized spacial score (nSPS) is 19.0. The predicted octanol–water partition coefficient (Wildman–Crippen LogP) is 5.50. The number of carbonyl (C=O) groups excluding carboxylic acids is 1. The van der Waals surface area contributed by atoms with Crippen molar-refractivity contribution in [1.29, 1.82) is 0 Å². The lowest BCUT2D eigenvalue weighted by Gasteiger charge is -2.31. The summed E-state index contributed by atoms with van der Waals surface area (Å²) in [5.41, 5.74) is 2.84. The highest BCUT2D eigenvalue weighted by Crippen LogP contribution is 2.32. The number of hydrogen-bond donors (Lipinski definition) is 1. The SMILES string of the molecule is CC(C)C(=O)c1cnc2ccc(Cl)nc2c1N[C@H]1CC[C@H](CN(C)C)CC1.Cl.Cl. The third-order valence-corrected chi connectivity index (χ3v) is 5.50. The molecule has 3 rings (SSSR count). The van der Waals surface area contributed by atoms with Crippen LogP contribution in [-0.4, -0.2) is 47.3 Å². The standard InChI is InChI=1S/C21H29ClN4O.2ClH/c1-13(2)21(27)16-11-23-17-9-10-18(22)25-20(17)19(16)24-15-7-5-14(6-8-15)12-26(3)4;;/h9-11,13-15H,5-8,12H2,1-4H3,(H,23,24);2*1H/t14-,15-;;. The van der Waals surface area contributed by atoms with Gasteiger partial charge in [-0.25, -0.2) is 4.98 Å². The van der Waals surface area contributed by atoms with Gasteiger partial charge in [-0.3, -0.25) is 9.78 Å². The van der Waals surface area contributed by atoms with Crippen molar-refractivity contribution < 1.29 is 4.79 Å². The Labute approximate surface area is 190 Å². The third kappa shape index (κ3) is 6.42. The first kappa shape index (κ1) is 25.9. The molecule has 0 radical (unpaired) electrons. The summed E-state index contributed by atoms with van der Waals surface area (Å²) in [5.74, 6) is 0.728. The van der Waals surface area contributed by atoms with Gasteiger partial charge >= 0.3 is 0 Å². The van der Waals surface area contributed by atoms with E-state index in [1.54, 1.807) is 12.3 Å². The molecule has 2 aromatic rings. The Morgan fingerprint density at radius 3 is 2.45 bits per heavy atom. The van der Waals surface area contributed by atoms with Gasteiger partial charge in [0.2, 0.25) is 0 Å². The van der Waals surface area contributed by atoms with Gasteiger partial charge in [0.05, 0.1) is 16.8 Å². The summed E-state index contributed by atoms with van der Waals surface area (Å²) >= 11 is 6.14. The fourth-order valence-corrected chi connectivity index (χ4v) is 4.04. The number of nitrogens with one attached hydrogen (secondary N) is 1. The lowest BCUT2D eigenvalue weighted by atomic mass is 9.85. The van der Waals surface area contributed by atoms with Gasteiger partial charge in [-0.05, 0) is 57.8 Å². The average Bonchev–Trinajstić information content (AvgIpc) is 2.62. The minimum atomic E-state index is -0.0974. The molecule has 0 spiro atoms. The molecule has 0 atom stereocenters. The lowest BCUT2D eigenvalue weighted by Crippen LogP contribution is -2.31. The highest BCUT2D eigenvalue weighted by atomic mass is 35.5. The molecule has 162 valence electrons. The summed E-state index contributed by atoms with van der Waals surface area (Å²) in [4.78, 5) is 23.9. The molecule has 0 bridgehead atoms. The van der Waals surface area contributed by atoms with Gasteiger partial charge in [-0.2, -0.15) is 0 Å². The summed E-state index contributed by atoms with van der Waals surface area (Å²) in [6.45, 7) is 4.96. The molecule has 0 aliphatic heterocycles. The molecule has 1 fully saturated rings. The van der Waals surface area contributed by atoms with E-state index in [2.05, 4.69) is 34.3 Å². The number of nitrogens with zero attached hydrogens (tertiary/aromatic N) is 3. The monoisotopic (exact) mass is 460 g/mol. The van der Waals surface area contributed by atoms with E-state index >= 15 is 0 Å². The zero-order valence-corrected chi connectivity index (χ0v) is 19.8. The van der Waals surface area contributed by atoms with Gasteiger partial charge in [-0.15, -0.1) is 24.8 Å². The number of rotatable bonds is 6. The molecule has 0 aromatic carbocycles. The molecule has 0 unspecified atom stereocenters. The maximum Gasteiger partial charge on any atom is 0.169 e. The summed E-state index contributed by atoms with van der Waals surface area (Å²) in [6.07, 6.45) is 6.26. The van der Waals surface area contributed by atoms with Gasteiger partial charge in [-0.1, -0.05) is 25.4 Å². The van der Waals surface area contributed by atoms with Gasteiger partial charge in [0.25, 0.3) is 0 Å². The molecule has 2 heterocycles. The topological polar surface area (TPSA) is 58.1 Å². The third-order valence-electron chi connectivity index (χ3n) is 5.29. The molecule has 1 saturated carbocycles. The van der Waals surface area contributed by atoms with Crippen molar-refractivity contribution in [2.24, 2.45) is 11.8 Å². The van der Waals surface area contributed by atoms with Crippen LogP contribution in [0, 0.1) is 11.8 Å². The van der Waals surface area contributed by atoms with E-state index in [0.29, 0.717) is 22.3 Å². The molecular formula is C21H31Cl3N4O. The Morgan fingerprint density at radius 1 is 1.21 bits per heavy atom. The average molecular weight is 462 g/mol. The highest BCUT2D eigenvalue weighted by Gasteiger charge is 2.25. The fourth-order valence-electron chi connectivity index (χ4n) is 3.90. The number of hydrogen-bond acceptors (Lipinski definition) is 5. The second-order valence-corrected chi connectivity index (χ2v) is 8.58. The zero-order valence-electron chi connectivity index (χ0n) is 17.4. The molecular weight excluding hydrogens is 431 g/mol. The number of carbonyl (C=O) groups is 1. The van der Waals surface area contributed by atoms with Crippen LogP contribution in [0.1, 0.15) is 49.9 Å². The van der Waals surface area contributed by atoms with Crippen LogP contribution in [0.4, 0.5) is 5.69 Å². The van der Waals surface area contributed by atoms with Crippen LogP contribution in [0.2, 0.25) is 5.15 Å². The lowest BCUT2D eigenvalue weighted by molar-refractivity contribution is 0.0940. The molecule has 0 amide bonds. The summed E-state index contributed by atoms with van der Waals surface area (Å²) in [6, 6.07) is 3.93. The number of anilines is 1. The Balaban J connectivity index is 0.00000210. The maximum absolute atomic E-state index is 12.8. The van der Waals surface area contributed by atoms with Crippen molar-refractivity contribution in [3.8, 4) is 0 Å². The largest absolute Gasteiger partial charge is 0.380 e. The Morgan fingerprint density at radius 2 is 1.86 bits per heavy atom. The van der Waals surface area contributed by atoms with Gasteiger partial charge in [0.15, 0.2) is 5.78 Å². The number of pyridine rings is 2. The zero-order chi connectivity index (χ0) is 19.6. The quantitative estimate of drug-likeness (QED) is 0.455. The summed E-state index contributed by atoms with van der Waals surface area (Å²) < 4.78 is 0. The second kappa shape index (κ2) is 11.3. The Kier molecular flexibility index (Phi) is 10.1. The van der Waals surface area contributed by atoms with Crippen LogP contribution < -0.4 is 5.32 Å². The maximum atomic E-state index is 12.8. The van der Waals surface area contributed by atoms with Crippen LogP contribution in [0.15, 0.2) is 18.3 Å². The molecule has 0 saturated heterocycles. The van der Waals surface area contributed by atoms with E-state index in [0.717, 1.165) is 36.5 Å². The van der Waals surface area contributed by atoms with Crippen LogP contribution in [0.25, 0.3) is 11.0 Å². The van der Waals surface area contributed by atoms with Crippen molar-refractivity contribution in [2.45, 2.75) is 45.6 Å². The van der Waals surface area contributed by atoms with Crippen molar-refractivity contribution in [2.75, 3.05) is 26.0 Å². The van der Waals surface area contributed by atoms with Crippen molar-refractivity contribution in [1.82, 2.24) is 14.9 Å². The molecule has 5 nitrogen and oxygen atoms in total. The summed E-state index contributed by atoms with van der Waals surface area (Å²) in [5, 5.41) is 4.05. The van der Waals surface area contributed by atoms with E-state index < -0.39 is 0 Å². The van der Waals surface area contributed by atoms with Gasteiger partial charge < -0.3 is 10.2 Å². The smallest absolute Gasteiger partial charge is 0.169 e. The first-order chi connectivity index (χ1) is 12.8. The van der Waals surface area contributed by atoms with E-state index in [-0.39, 0.29) is 36.5 Å². The minimum absolute atomic E-state index is 0. The molecule has 8 heteroatoms. The summed E-state index contributed by atoms with van der Waals surface area (Å²) in [7, 11) is 4.26. The first-order valence-corrected chi connectivity index (χ1v) is 10.1. The van der Waals surface area contributed by atoms with Crippen LogP contribution in [0.5, 0.6) is 0 Å². The van der Waals surface area contributed by atoms with E-state index in [1.165, 1.54) is 12.8 Å². The Bertz CT molecular complexity index is 821. The number of halogens is 3. The van der Waals surface area contributed by atoms with Crippen molar-refractivity contribution >= 4 is 58.9 Å². The van der Waals surface area contributed by atoms with E-state index in [4.69, 9.17) is 11.6 Å². The Hall–Kier alpha value is -1.14. The fraction of sp³-hybridized carbons (Fsp3) is 0.571. The minimum Gasteiger partial charge on any atom is -0.380 e. The number of Topliss-reactive ketones (excluding diaryl/α,β-unsaturated/α-hetero) is 1. The van der Waals surface area contributed by atoms with Gasteiger partial charge in [0.1, 0.15) is 10.7 Å². The second-order valence-electron chi connectivity index (χ2n) is 8.19. The van der Waals surface area contributed by atoms with E-state index in [1.807, 2.05) is 19.9 Å². The predicted molar refractivity (Wildman–Crippen MR) is 126 cm³/mol. The van der Waals surface area contributed by atoms with Gasteiger partial charge in [0, 0.05) is 24.7 Å². The van der Waals surface area contributed by atoms with Crippen LogP contribution in [-0.2, 0) is 0 Å². The molecule has 29 heavy (non-hydrogen) atoms. The van der Waals surface area contributed by atoms with Crippen LogP contribution >= 0.6 is 36.4 Å². The van der Waals surface area contributed by atoms with Crippen molar-refractivity contribution in [3.63, 3.8) is 0 Å². The van der Waals surface area contributed by atoms with Crippen molar-refractivity contribution in [3.05, 3.63) is 29.0 Å². The highest BCUT2D eigenvalue weighted by molar-refractivity contribution is 6.30. The van der Waals surface area contributed by atoms with E-state index in [9.17, 15) is 4.79 Å². The molecule has 2 aromatic heterocycles. The molecule has 1 aliphatic carbocycles. The number of ketones is 1. The first-order valence-electron chi connectivity index (χ1n) is 9.76.